The standard InChI is InChI=1S/C16H22N2/c1-11-6-7-12(2)15-13(11)10-14(18(15)4)16(3)8-5-9-17-16/h6-7,10,17H,5,8-9H2,1-4H3. The lowest BCUT2D eigenvalue weighted by molar-refractivity contribution is 0.410. The maximum absolute atomic E-state index is 3.67. The molecular weight excluding hydrogens is 220 g/mol. The molecule has 3 rings (SSSR count). The molecule has 2 aromatic rings. The lowest BCUT2D eigenvalue weighted by Gasteiger charge is -2.25. The van der Waals surface area contributed by atoms with Gasteiger partial charge in [-0.05, 0) is 57.4 Å². The molecule has 1 aliphatic rings. The minimum absolute atomic E-state index is 0.145. The second-order valence-corrected chi connectivity index (χ2v) is 5.91. The molecule has 0 bridgehead atoms. The van der Waals surface area contributed by atoms with Crippen LogP contribution in [0.15, 0.2) is 18.2 Å². The summed E-state index contributed by atoms with van der Waals surface area (Å²) in [6.07, 6.45) is 2.51. The fraction of sp³-hybridized carbons (Fsp3) is 0.500. The van der Waals surface area contributed by atoms with Gasteiger partial charge in [0.1, 0.15) is 0 Å². The molecule has 18 heavy (non-hydrogen) atoms. The summed E-state index contributed by atoms with van der Waals surface area (Å²) in [7, 11) is 2.20. The molecule has 2 heteroatoms. The molecule has 1 aliphatic heterocycles. The molecule has 1 aromatic heterocycles. The molecule has 0 radical (unpaired) electrons. The van der Waals surface area contributed by atoms with Crippen LogP contribution in [-0.2, 0) is 12.6 Å². The molecule has 1 fully saturated rings. The first-order valence-electron chi connectivity index (χ1n) is 6.84. The van der Waals surface area contributed by atoms with Gasteiger partial charge in [-0.25, -0.2) is 0 Å². The van der Waals surface area contributed by atoms with Crippen LogP contribution in [0.3, 0.4) is 0 Å². The number of nitrogens with one attached hydrogen (secondary N) is 1. The summed E-state index contributed by atoms with van der Waals surface area (Å²) in [6, 6.07) is 6.84. The zero-order valence-electron chi connectivity index (χ0n) is 11.8. The van der Waals surface area contributed by atoms with E-state index in [9.17, 15) is 0 Å². The smallest absolute Gasteiger partial charge is 0.0560 e. The minimum atomic E-state index is 0.145. The van der Waals surface area contributed by atoms with Crippen LogP contribution in [0.5, 0.6) is 0 Å². The highest BCUT2D eigenvalue weighted by atomic mass is 15.1. The van der Waals surface area contributed by atoms with Crippen LogP contribution in [0.1, 0.15) is 36.6 Å². The van der Waals surface area contributed by atoms with Crippen molar-refractivity contribution >= 4 is 10.9 Å². The highest BCUT2D eigenvalue weighted by Crippen LogP contribution is 2.35. The number of benzene rings is 1. The van der Waals surface area contributed by atoms with Gasteiger partial charge < -0.3 is 9.88 Å². The Hall–Kier alpha value is -1.28. The SMILES string of the molecule is Cc1ccc(C)c2c1cc(C1(C)CCCN1)n2C. The fourth-order valence-electron chi connectivity index (χ4n) is 3.44. The zero-order valence-corrected chi connectivity index (χ0v) is 11.8. The number of hydrogen-bond acceptors (Lipinski definition) is 1. The van der Waals surface area contributed by atoms with Crippen LogP contribution in [0, 0.1) is 13.8 Å². The molecule has 2 nitrogen and oxygen atoms in total. The molecule has 2 heterocycles. The Morgan fingerprint density at radius 2 is 1.94 bits per heavy atom. The number of nitrogens with zero attached hydrogens (tertiary/aromatic N) is 1. The van der Waals surface area contributed by atoms with Crippen LogP contribution in [0.4, 0.5) is 0 Å². The van der Waals surface area contributed by atoms with Crippen LogP contribution in [0.25, 0.3) is 10.9 Å². The van der Waals surface area contributed by atoms with Crippen molar-refractivity contribution in [1.82, 2.24) is 9.88 Å². The van der Waals surface area contributed by atoms with Crippen molar-refractivity contribution in [2.45, 2.75) is 39.2 Å². The van der Waals surface area contributed by atoms with Crippen molar-refractivity contribution in [3.63, 3.8) is 0 Å². The van der Waals surface area contributed by atoms with Gasteiger partial charge in [-0.2, -0.15) is 0 Å². The second-order valence-electron chi connectivity index (χ2n) is 5.91. The first-order chi connectivity index (χ1) is 8.53. The molecular formula is C16H22N2. The van der Waals surface area contributed by atoms with E-state index < -0.39 is 0 Å². The van der Waals surface area contributed by atoms with E-state index in [1.807, 2.05) is 0 Å². The molecule has 0 saturated carbocycles. The predicted molar refractivity (Wildman–Crippen MR) is 77.0 cm³/mol. The van der Waals surface area contributed by atoms with E-state index in [0.717, 1.165) is 6.54 Å². The molecule has 1 N–H and O–H groups in total. The highest BCUT2D eigenvalue weighted by molar-refractivity contribution is 5.87. The van der Waals surface area contributed by atoms with Gasteiger partial charge in [0.25, 0.3) is 0 Å². The van der Waals surface area contributed by atoms with Crippen molar-refractivity contribution < 1.29 is 0 Å². The number of hydrogen-bond donors (Lipinski definition) is 1. The molecule has 1 aromatic carbocycles. The third kappa shape index (κ3) is 1.52. The van der Waals surface area contributed by atoms with E-state index in [-0.39, 0.29) is 5.54 Å². The molecule has 0 aliphatic carbocycles. The van der Waals surface area contributed by atoms with E-state index in [0.29, 0.717) is 0 Å². The predicted octanol–water partition coefficient (Wildman–Crippen LogP) is 3.39. The largest absolute Gasteiger partial charge is 0.346 e. The van der Waals surface area contributed by atoms with Gasteiger partial charge in [-0.1, -0.05) is 12.1 Å². The molecule has 0 amide bonds. The normalized spacial score (nSPS) is 24.0. The zero-order chi connectivity index (χ0) is 12.9. The molecule has 0 spiro atoms. The summed E-state index contributed by atoms with van der Waals surface area (Å²) in [4.78, 5) is 0. The average molecular weight is 242 g/mol. The lowest BCUT2D eigenvalue weighted by atomic mass is 9.95. The van der Waals surface area contributed by atoms with Gasteiger partial charge in [0.15, 0.2) is 0 Å². The fourth-order valence-corrected chi connectivity index (χ4v) is 3.44. The lowest BCUT2D eigenvalue weighted by Crippen LogP contribution is -2.35. The molecule has 1 saturated heterocycles. The minimum Gasteiger partial charge on any atom is -0.346 e. The molecule has 96 valence electrons. The van der Waals surface area contributed by atoms with Crippen molar-refractivity contribution in [1.29, 1.82) is 0 Å². The van der Waals surface area contributed by atoms with E-state index in [4.69, 9.17) is 0 Å². The Morgan fingerprint density at radius 3 is 2.56 bits per heavy atom. The van der Waals surface area contributed by atoms with Crippen LogP contribution in [0.2, 0.25) is 0 Å². The summed E-state index contributed by atoms with van der Waals surface area (Å²) in [5.74, 6) is 0. The summed E-state index contributed by atoms with van der Waals surface area (Å²) in [5, 5.41) is 5.07. The van der Waals surface area contributed by atoms with Crippen molar-refractivity contribution in [3.8, 4) is 0 Å². The van der Waals surface area contributed by atoms with Crippen LogP contribution < -0.4 is 5.32 Å². The summed E-state index contributed by atoms with van der Waals surface area (Å²) in [6.45, 7) is 7.88. The van der Waals surface area contributed by atoms with E-state index >= 15 is 0 Å². The molecule has 1 atom stereocenters. The second kappa shape index (κ2) is 3.86. The quantitative estimate of drug-likeness (QED) is 0.811. The van der Waals surface area contributed by atoms with Gasteiger partial charge in [0, 0.05) is 18.1 Å². The Bertz CT molecular complexity index is 601. The maximum atomic E-state index is 3.67. The monoisotopic (exact) mass is 242 g/mol. The first kappa shape index (κ1) is 11.8. The third-order valence-corrected chi connectivity index (χ3v) is 4.55. The van der Waals surface area contributed by atoms with Gasteiger partial charge in [-0.15, -0.1) is 0 Å². The summed E-state index contributed by atoms with van der Waals surface area (Å²) >= 11 is 0. The topological polar surface area (TPSA) is 17.0 Å². The number of fused-ring (bicyclic) bond motifs is 1. The van der Waals surface area contributed by atoms with Gasteiger partial charge >= 0.3 is 0 Å². The summed E-state index contributed by atoms with van der Waals surface area (Å²) < 4.78 is 2.38. The Balaban J connectivity index is 2.29. The summed E-state index contributed by atoms with van der Waals surface area (Å²) in [5.41, 5.74) is 5.70. The number of aryl methyl sites for hydroxylation is 3. The van der Waals surface area contributed by atoms with Gasteiger partial charge in [0.2, 0.25) is 0 Å². The van der Waals surface area contributed by atoms with E-state index in [1.54, 1.807) is 0 Å². The van der Waals surface area contributed by atoms with Gasteiger partial charge in [0.05, 0.1) is 11.1 Å². The number of rotatable bonds is 1. The third-order valence-electron chi connectivity index (χ3n) is 4.55. The number of aromatic nitrogens is 1. The van der Waals surface area contributed by atoms with Crippen LogP contribution >= 0.6 is 0 Å². The Morgan fingerprint density at radius 1 is 1.22 bits per heavy atom. The van der Waals surface area contributed by atoms with Crippen molar-refractivity contribution in [2.24, 2.45) is 7.05 Å². The first-order valence-corrected chi connectivity index (χ1v) is 6.84. The molecule has 1 unspecified atom stereocenters. The van der Waals surface area contributed by atoms with E-state index in [1.165, 1.54) is 40.6 Å². The Labute approximate surface area is 109 Å². The Kier molecular flexibility index (Phi) is 2.53. The van der Waals surface area contributed by atoms with Crippen LogP contribution in [-0.4, -0.2) is 11.1 Å². The average Bonchev–Trinajstić information content (AvgIpc) is 2.90. The van der Waals surface area contributed by atoms with Crippen molar-refractivity contribution in [3.05, 3.63) is 35.0 Å². The van der Waals surface area contributed by atoms with E-state index in [2.05, 4.69) is 55.9 Å². The van der Waals surface area contributed by atoms with Gasteiger partial charge in [-0.3, -0.25) is 0 Å². The van der Waals surface area contributed by atoms with Crippen molar-refractivity contribution in [2.75, 3.05) is 6.54 Å². The highest BCUT2D eigenvalue weighted by Gasteiger charge is 2.33. The maximum Gasteiger partial charge on any atom is 0.0560 e.